The molecule has 0 heterocycles. The number of hydrogen-bond acceptors (Lipinski definition) is 3. The van der Waals surface area contributed by atoms with Crippen LogP contribution in [0, 0.1) is 0 Å². The van der Waals surface area contributed by atoms with Crippen LogP contribution in [-0.4, -0.2) is 28.2 Å². The zero-order valence-electron chi connectivity index (χ0n) is 14.5. The van der Waals surface area contributed by atoms with Gasteiger partial charge in [0.2, 0.25) is 0 Å². The van der Waals surface area contributed by atoms with Crippen LogP contribution in [0.2, 0.25) is 0 Å². The summed E-state index contributed by atoms with van der Waals surface area (Å²) in [4.78, 5) is 14.1. The molecule has 0 bridgehead atoms. The van der Waals surface area contributed by atoms with Crippen molar-refractivity contribution in [2.45, 2.75) is 39.0 Å². The van der Waals surface area contributed by atoms with Crippen LogP contribution in [0.1, 0.15) is 38.0 Å². The predicted molar refractivity (Wildman–Crippen MR) is 94.5 cm³/mol. The van der Waals surface area contributed by atoms with Gasteiger partial charge in [0.1, 0.15) is 5.60 Å². The van der Waals surface area contributed by atoms with E-state index in [2.05, 4.69) is 0 Å². The molecule has 24 heavy (non-hydrogen) atoms. The maximum Gasteiger partial charge on any atom is 0.410 e. The smallest absolute Gasteiger partial charge is 0.410 e. The fourth-order valence-electron chi connectivity index (χ4n) is 2.32. The van der Waals surface area contributed by atoms with Crippen molar-refractivity contribution in [1.29, 1.82) is 0 Å². The van der Waals surface area contributed by atoms with Gasteiger partial charge in [0.25, 0.3) is 0 Å². The first-order chi connectivity index (χ1) is 11.3. The highest BCUT2D eigenvalue weighted by molar-refractivity contribution is 5.68. The average molecular weight is 327 g/mol. The van der Waals surface area contributed by atoms with Gasteiger partial charge in [-0.3, -0.25) is 0 Å². The van der Waals surface area contributed by atoms with Crippen LogP contribution in [0.5, 0.6) is 0 Å². The second kappa shape index (κ2) is 7.97. The molecule has 0 saturated heterocycles. The van der Waals surface area contributed by atoms with Gasteiger partial charge in [-0.2, -0.15) is 0 Å². The minimum atomic E-state index is -0.762. The summed E-state index contributed by atoms with van der Waals surface area (Å²) < 4.78 is 5.48. The Hall–Kier alpha value is -2.33. The van der Waals surface area contributed by atoms with Crippen LogP contribution in [0.3, 0.4) is 0 Å². The zero-order valence-corrected chi connectivity index (χ0v) is 14.5. The normalized spacial score (nSPS) is 12.5. The van der Waals surface area contributed by atoms with E-state index in [1.165, 1.54) is 4.90 Å². The highest BCUT2D eigenvalue weighted by Gasteiger charge is 2.24. The van der Waals surface area contributed by atoms with Crippen LogP contribution >= 0.6 is 0 Å². The van der Waals surface area contributed by atoms with E-state index in [0.29, 0.717) is 6.54 Å². The van der Waals surface area contributed by atoms with Gasteiger partial charge in [0.15, 0.2) is 0 Å². The average Bonchev–Trinajstić information content (AvgIpc) is 2.54. The first kappa shape index (κ1) is 18.0. The number of carbonyl (C=O) groups is 1. The van der Waals surface area contributed by atoms with Crippen molar-refractivity contribution < 1.29 is 14.6 Å². The molecule has 0 spiro atoms. The topological polar surface area (TPSA) is 49.8 Å². The number of hydrogen-bond donors (Lipinski definition) is 1. The molecule has 2 aromatic rings. The Labute approximate surface area is 143 Å². The van der Waals surface area contributed by atoms with E-state index in [4.69, 9.17) is 4.74 Å². The van der Waals surface area contributed by atoms with Crippen LogP contribution in [0.25, 0.3) is 0 Å². The van der Waals surface area contributed by atoms with E-state index in [1.54, 1.807) is 0 Å². The number of carbonyl (C=O) groups excluding carboxylic acids is 1. The Morgan fingerprint density at radius 3 is 2.12 bits per heavy atom. The fraction of sp³-hybridized carbons (Fsp3) is 0.350. The third-order valence-corrected chi connectivity index (χ3v) is 3.45. The lowest BCUT2D eigenvalue weighted by molar-refractivity contribution is 0.0124. The number of aliphatic hydroxyl groups excluding tert-OH is 1. The number of rotatable bonds is 5. The van der Waals surface area contributed by atoms with Crippen molar-refractivity contribution in [3.63, 3.8) is 0 Å². The fourth-order valence-corrected chi connectivity index (χ4v) is 2.32. The summed E-state index contributed by atoms with van der Waals surface area (Å²) in [6, 6.07) is 19.0. The number of nitrogens with zero attached hydrogens (tertiary/aromatic N) is 1. The van der Waals surface area contributed by atoms with E-state index < -0.39 is 17.8 Å². The molecule has 128 valence electrons. The van der Waals surface area contributed by atoms with Gasteiger partial charge in [0.05, 0.1) is 12.6 Å². The Bertz CT molecular complexity index is 635. The van der Waals surface area contributed by atoms with Crippen LogP contribution in [0.4, 0.5) is 4.79 Å². The van der Waals surface area contributed by atoms with Crippen LogP contribution < -0.4 is 0 Å². The number of benzene rings is 2. The molecule has 1 amide bonds. The lowest BCUT2D eigenvalue weighted by Crippen LogP contribution is -2.38. The summed E-state index contributed by atoms with van der Waals surface area (Å²) >= 11 is 0. The van der Waals surface area contributed by atoms with Crippen molar-refractivity contribution in [3.05, 3.63) is 71.8 Å². The molecule has 4 heteroatoms. The first-order valence-corrected chi connectivity index (χ1v) is 8.10. The van der Waals surface area contributed by atoms with Gasteiger partial charge in [-0.15, -0.1) is 0 Å². The lowest BCUT2D eigenvalue weighted by Gasteiger charge is -2.29. The van der Waals surface area contributed by atoms with Gasteiger partial charge in [-0.05, 0) is 31.9 Å². The summed E-state index contributed by atoms with van der Waals surface area (Å²) in [5.74, 6) is 0. The molecule has 0 fully saturated rings. The Kier molecular flexibility index (Phi) is 5.99. The Balaban J connectivity index is 2.14. The van der Waals surface area contributed by atoms with Crippen LogP contribution in [0.15, 0.2) is 60.7 Å². The maximum absolute atomic E-state index is 12.5. The summed E-state index contributed by atoms with van der Waals surface area (Å²) in [6.45, 7) is 6.06. The summed E-state index contributed by atoms with van der Waals surface area (Å²) in [6.07, 6.45) is -1.19. The molecule has 4 nitrogen and oxygen atoms in total. The molecule has 0 radical (unpaired) electrons. The number of aliphatic hydroxyl groups is 1. The van der Waals surface area contributed by atoms with E-state index in [0.717, 1.165) is 11.1 Å². The van der Waals surface area contributed by atoms with Crippen molar-refractivity contribution in [3.8, 4) is 0 Å². The van der Waals surface area contributed by atoms with E-state index in [-0.39, 0.29) is 6.54 Å². The first-order valence-electron chi connectivity index (χ1n) is 8.10. The lowest BCUT2D eigenvalue weighted by atomic mass is 10.1. The number of amides is 1. The molecule has 0 aromatic heterocycles. The molecule has 1 N–H and O–H groups in total. The van der Waals surface area contributed by atoms with Gasteiger partial charge in [0, 0.05) is 6.54 Å². The SMILES string of the molecule is CC(C)(C)OC(=O)N(Cc1ccccc1)C[C@@H](O)c1ccccc1. The summed E-state index contributed by atoms with van der Waals surface area (Å²) in [5, 5.41) is 10.5. The second-order valence-corrected chi connectivity index (χ2v) is 6.77. The second-order valence-electron chi connectivity index (χ2n) is 6.77. The van der Waals surface area contributed by atoms with Gasteiger partial charge >= 0.3 is 6.09 Å². The van der Waals surface area contributed by atoms with Crippen molar-refractivity contribution in [1.82, 2.24) is 4.90 Å². The summed E-state index contributed by atoms with van der Waals surface area (Å²) in [5.41, 5.74) is 1.19. The molecule has 2 aromatic carbocycles. The third-order valence-electron chi connectivity index (χ3n) is 3.45. The van der Waals surface area contributed by atoms with Gasteiger partial charge in [-0.1, -0.05) is 60.7 Å². The molecular weight excluding hydrogens is 302 g/mol. The van der Waals surface area contributed by atoms with Crippen molar-refractivity contribution in [2.75, 3.05) is 6.54 Å². The zero-order chi connectivity index (χ0) is 17.6. The molecule has 0 unspecified atom stereocenters. The maximum atomic E-state index is 12.5. The molecule has 0 aliphatic heterocycles. The quantitative estimate of drug-likeness (QED) is 0.897. The standard InChI is InChI=1S/C20H25NO3/c1-20(2,3)24-19(23)21(14-16-10-6-4-7-11-16)15-18(22)17-12-8-5-9-13-17/h4-13,18,22H,14-15H2,1-3H3/t18-/m1/s1. The van der Waals surface area contributed by atoms with Crippen molar-refractivity contribution >= 4 is 6.09 Å². The Morgan fingerprint density at radius 2 is 1.58 bits per heavy atom. The molecule has 2 rings (SSSR count). The van der Waals surface area contributed by atoms with Crippen LogP contribution in [-0.2, 0) is 11.3 Å². The van der Waals surface area contributed by atoms with E-state index >= 15 is 0 Å². The van der Waals surface area contributed by atoms with E-state index in [1.807, 2.05) is 81.4 Å². The molecular formula is C20H25NO3. The highest BCUT2D eigenvalue weighted by atomic mass is 16.6. The van der Waals surface area contributed by atoms with Gasteiger partial charge < -0.3 is 14.7 Å². The molecule has 0 aliphatic carbocycles. The third kappa shape index (κ3) is 5.70. The predicted octanol–water partition coefficient (Wildman–Crippen LogP) is 4.16. The Morgan fingerprint density at radius 1 is 1.04 bits per heavy atom. The number of ether oxygens (including phenoxy) is 1. The highest BCUT2D eigenvalue weighted by Crippen LogP contribution is 2.18. The monoisotopic (exact) mass is 327 g/mol. The summed E-state index contributed by atoms with van der Waals surface area (Å²) in [7, 11) is 0. The molecule has 1 atom stereocenters. The largest absolute Gasteiger partial charge is 0.444 e. The molecule has 0 aliphatic rings. The minimum Gasteiger partial charge on any atom is -0.444 e. The molecule has 0 saturated carbocycles. The minimum absolute atomic E-state index is 0.174. The van der Waals surface area contributed by atoms with Crippen molar-refractivity contribution in [2.24, 2.45) is 0 Å². The van der Waals surface area contributed by atoms with E-state index in [9.17, 15) is 9.90 Å². The van der Waals surface area contributed by atoms with Gasteiger partial charge in [-0.25, -0.2) is 4.79 Å².